The number of thiophene rings is 1. The van der Waals surface area contributed by atoms with Crippen LogP contribution in [-0.2, 0) is 4.79 Å². The molecule has 0 bridgehead atoms. The standard InChI is InChI=1S/C17H15F3N2O3S/c1-9-10(4-5-13(21-9)14-3-2-6-26-14)15(23)22-7-11(16(24)25)12(8-22)17(18,19)20/h2-6,11-12H,7-8H2,1H3,(H,24,25)/t11-,12-/m1/s1. The molecule has 0 spiro atoms. The molecule has 2 atom stereocenters. The number of carboxylic acids is 1. The summed E-state index contributed by atoms with van der Waals surface area (Å²) >= 11 is 1.48. The van der Waals surface area contributed by atoms with Gasteiger partial charge in [0.1, 0.15) is 0 Å². The van der Waals surface area contributed by atoms with Crippen LogP contribution in [0, 0.1) is 18.8 Å². The Balaban J connectivity index is 1.84. The number of aliphatic carboxylic acids is 1. The van der Waals surface area contributed by atoms with Gasteiger partial charge in [-0.25, -0.2) is 0 Å². The summed E-state index contributed by atoms with van der Waals surface area (Å²) in [7, 11) is 0. The molecule has 0 aliphatic carbocycles. The number of aromatic nitrogens is 1. The van der Waals surface area contributed by atoms with Gasteiger partial charge in [0.05, 0.1) is 33.7 Å². The van der Waals surface area contributed by atoms with Crippen LogP contribution in [0.2, 0.25) is 0 Å². The normalized spacial score (nSPS) is 20.4. The van der Waals surface area contributed by atoms with Gasteiger partial charge in [0.15, 0.2) is 0 Å². The second-order valence-corrected chi connectivity index (χ2v) is 7.06. The quantitative estimate of drug-likeness (QED) is 0.880. The van der Waals surface area contributed by atoms with E-state index in [-0.39, 0.29) is 5.56 Å². The lowest BCUT2D eigenvalue weighted by atomic mass is 9.96. The second-order valence-electron chi connectivity index (χ2n) is 6.11. The molecule has 1 fully saturated rings. The molecule has 1 aliphatic rings. The third-order valence-corrected chi connectivity index (χ3v) is 5.33. The number of likely N-dealkylation sites (tertiary alicyclic amines) is 1. The van der Waals surface area contributed by atoms with Crippen LogP contribution in [0.4, 0.5) is 13.2 Å². The molecule has 0 aromatic carbocycles. The molecule has 1 aliphatic heterocycles. The first-order valence-corrected chi connectivity index (χ1v) is 8.66. The first kappa shape index (κ1) is 18.4. The van der Waals surface area contributed by atoms with Crippen LogP contribution in [0.5, 0.6) is 0 Å². The van der Waals surface area contributed by atoms with Crippen LogP contribution in [0.1, 0.15) is 16.1 Å². The summed E-state index contributed by atoms with van der Waals surface area (Å²) < 4.78 is 39.3. The topological polar surface area (TPSA) is 70.5 Å². The molecule has 0 unspecified atom stereocenters. The summed E-state index contributed by atoms with van der Waals surface area (Å²) in [5, 5.41) is 11.0. The Labute approximate surface area is 151 Å². The summed E-state index contributed by atoms with van der Waals surface area (Å²) in [4.78, 5) is 30.0. The van der Waals surface area contributed by atoms with E-state index in [4.69, 9.17) is 5.11 Å². The molecule has 0 saturated carbocycles. The molecular weight excluding hydrogens is 369 g/mol. The van der Waals surface area contributed by atoms with Crippen LogP contribution >= 0.6 is 11.3 Å². The van der Waals surface area contributed by atoms with E-state index in [9.17, 15) is 22.8 Å². The van der Waals surface area contributed by atoms with Crippen molar-refractivity contribution in [1.82, 2.24) is 9.88 Å². The van der Waals surface area contributed by atoms with Crippen molar-refractivity contribution in [3.63, 3.8) is 0 Å². The number of halogens is 3. The van der Waals surface area contributed by atoms with E-state index in [1.165, 1.54) is 17.4 Å². The van der Waals surface area contributed by atoms with Crippen LogP contribution in [0.3, 0.4) is 0 Å². The van der Waals surface area contributed by atoms with Gasteiger partial charge in [-0.1, -0.05) is 6.07 Å². The van der Waals surface area contributed by atoms with Gasteiger partial charge in [-0.2, -0.15) is 13.2 Å². The van der Waals surface area contributed by atoms with Crippen molar-refractivity contribution in [2.45, 2.75) is 13.1 Å². The smallest absolute Gasteiger partial charge is 0.394 e. The molecule has 5 nitrogen and oxygen atoms in total. The molecular formula is C17H15F3N2O3S. The zero-order valence-corrected chi connectivity index (χ0v) is 14.5. The van der Waals surface area contributed by atoms with Crippen molar-refractivity contribution in [3.8, 4) is 10.6 Å². The zero-order valence-electron chi connectivity index (χ0n) is 13.7. The van der Waals surface area contributed by atoms with E-state index >= 15 is 0 Å². The monoisotopic (exact) mass is 384 g/mol. The maximum atomic E-state index is 13.1. The third kappa shape index (κ3) is 3.44. The lowest BCUT2D eigenvalue weighted by molar-refractivity contribution is -0.187. The van der Waals surface area contributed by atoms with Crippen LogP contribution < -0.4 is 0 Å². The number of carboxylic acid groups (broad SMARTS) is 1. The summed E-state index contributed by atoms with van der Waals surface area (Å²) in [5.74, 6) is -5.91. The average Bonchev–Trinajstić information content (AvgIpc) is 3.23. The van der Waals surface area contributed by atoms with Crippen LogP contribution in [0.15, 0.2) is 29.6 Å². The van der Waals surface area contributed by atoms with E-state index in [0.29, 0.717) is 11.4 Å². The summed E-state index contributed by atoms with van der Waals surface area (Å²) in [6.07, 6.45) is -4.67. The number of pyridine rings is 1. The molecule has 1 N–H and O–H groups in total. The molecule has 138 valence electrons. The molecule has 2 aromatic heterocycles. The van der Waals surface area contributed by atoms with Crippen molar-refractivity contribution in [3.05, 3.63) is 40.9 Å². The van der Waals surface area contributed by atoms with Gasteiger partial charge in [-0.3, -0.25) is 14.6 Å². The summed E-state index contributed by atoms with van der Waals surface area (Å²) in [6.45, 7) is 0.478. The molecule has 3 heterocycles. The average molecular weight is 384 g/mol. The fourth-order valence-corrected chi connectivity index (χ4v) is 3.77. The van der Waals surface area contributed by atoms with Crippen molar-refractivity contribution in [2.75, 3.05) is 13.1 Å². The highest BCUT2D eigenvalue weighted by molar-refractivity contribution is 7.13. The summed E-state index contributed by atoms with van der Waals surface area (Å²) in [6, 6.07) is 6.90. The molecule has 2 aromatic rings. The van der Waals surface area contributed by atoms with Crippen molar-refractivity contribution < 1.29 is 27.9 Å². The molecule has 1 saturated heterocycles. The Bertz CT molecular complexity index is 836. The van der Waals surface area contributed by atoms with Crippen LogP contribution in [-0.4, -0.2) is 46.1 Å². The lowest BCUT2D eigenvalue weighted by Crippen LogP contribution is -2.34. The van der Waals surface area contributed by atoms with Crippen molar-refractivity contribution in [1.29, 1.82) is 0 Å². The fourth-order valence-electron chi connectivity index (χ4n) is 3.07. The largest absolute Gasteiger partial charge is 0.481 e. The van der Waals surface area contributed by atoms with Gasteiger partial charge < -0.3 is 10.0 Å². The Hall–Kier alpha value is -2.42. The minimum absolute atomic E-state index is 0.178. The fraction of sp³-hybridized carbons (Fsp3) is 0.353. The highest BCUT2D eigenvalue weighted by Crippen LogP contribution is 2.38. The van der Waals surface area contributed by atoms with Gasteiger partial charge in [0, 0.05) is 13.1 Å². The number of amides is 1. The van der Waals surface area contributed by atoms with Gasteiger partial charge in [-0.15, -0.1) is 11.3 Å². The SMILES string of the molecule is Cc1nc(-c2cccs2)ccc1C(=O)N1C[C@@H](C(F)(F)F)[C@H](C(=O)O)C1. The Morgan fingerprint density at radius 2 is 2.00 bits per heavy atom. The number of alkyl halides is 3. The van der Waals surface area contributed by atoms with Gasteiger partial charge in [0.2, 0.25) is 0 Å². The van der Waals surface area contributed by atoms with Crippen molar-refractivity contribution in [2.24, 2.45) is 11.8 Å². The number of rotatable bonds is 3. The highest BCUT2D eigenvalue weighted by atomic mass is 32.1. The summed E-state index contributed by atoms with van der Waals surface area (Å²) in [5.41, 5.74) is 1.24. The predicted octanol–water partition coefficient (Wildman–Crippen LogP) is 3.45. The molecule has 9 heteroatoms. The maximum Gasteiger partial charge on any atom is 0.394 e. The number of hydrogen-bond acceptors (Lipinski definition) is 4. The molecule has 0 radical (unpaired) electrons. The van der Waals surface area contributed by atoms with Gasteiger partial charge in [0.25, 0.3) is 5.91 Å². The van der Waals surface area contributed by atoms with E-state index < -0.39 is 43.0 Å². The number of carbonyl (C=O) groups excluding carboxylic acids is 1. The molecule has 26 heavy (non-hydrogen) atoms. The van der Waals surface area contributed by atoms with Gasteiger partial charge >= 0.3 is 12.1 Å². The van der Waals surface area contributed by atoms with E-state index in [1.54, 1.807) is 13.0 Å². The number of aryl methyl sites for hydroxylation is 1. The minimum atomic E-state index is -4.67. The first-order chi connectivity index (χ1) is 12.2. The zero-order chi connectivity index (χ0) is 19.1. The second kappa shape index (κ2) is 6.71. The highest BCUT2D eigenvalue weighted by Gasteiger charge is 2.53. The maximum absolute atomic E-state index is 13.1. The van der Waals surface area contributed by atoms with Gasteiger partial charge in [-0.05, 0) is 30.5 Å². The Morgan fingerprint density at radius 1 is 1.27 bits per heavy atom. The predicted molar refractivity (Wildman–Crippen MR) is 88.9 cm³/mol. The molecule has 3 rings (SSSR count). The number of carbonyl (C=O) groups is 2. The van der Waals surface area contributed by atoms with E-state index in [0.717, 1.165) is 9.78 Å². The molecule has 1 amide bonds. The van der Waals surface area contributed by atoms with E-state index in [1.807, 2.05) is 17.5 Å². The first-order valence-electron chi connectivity index (χ1n) is 7.79. The van der Waals surface area contributed by atoms with E-state index in [2.05, 4.69) is 4.98 Å². The number of hydrogen-bond donors (Lipinski definition) is 1. The Kier molecular flexibility index (Phi) is 4.74. The van der Waals surface area contributed by atoms with Crippen LogP contribution in [0.25, 0.3) is 10.6 Å². The number of nitrogens with zero attached hydrogens (tertiary/aromatic N) is 2. The Morgan fingerprint density at radius 3 is 2.50 bits per heavy atom. The lowest BCUT2D eigenvalue weighted by Gasteiger charge is -2.19. The van der Waals surface area contributed by atoms with Crippen molar-refractivity contribution >= 4 is 23.2 Å². The minimum Gasteiger partial charge on any atom is -0.481 e. The third-order valence-electron chi connectivity index (χ3n) is 4.43.